The first-order chi connectivity index (χ1) is 9.02. The van der Waals surface area contributed by atoms with Gasteiger partial charge in [0.25, 0.3) is 0 Å². The van der Waals surface area contributed by atoms with E-state index in [9.17, 15) is 9.90 Å². The van der Waals surface area contributed by atoms with E-state index >= 15 is 0 Å². The molecular weight excluding hydrogens is 240 g/mol. The minimum Gasteiger partial charge on any atom is -0.390 e. The number of carbonyl (C=O) groups excluding carboxylic acids is 1. The molecule has 1 amide bonds. The summed E-state index contributed by atoms with van der Waals surface area (Å²) in [5, 5.41) is 10.3. The Kier molecular flexibility index (Phi) is 4.30. The fraction of sp³-hybridized carbons (Fsp3) is 0.667. The van der Waals surface area contributed by atoms with Gasteiger partial charge in [-0.3, -0.25) is 4.79 Å². The molecule has 0 saturated heterocycles. The second-order valence-corrected chi connectivity index (χ2v) is 5.75. The summed E-state index contributed by atoms with van der Waals surface area (Å²) in [6.07, 6.45) is 8.46. The van der Waals surface area contributed by atoms with Crippen molar-refractivity contribution in [3.8, 4) is 0 Å². The summed E-state index contributed by atoms with van der Waals surface area (Å²) in [5.74, 6) is 0.0952. The van der Waals surface area contributed by atoms with Gasteiger partial charge in [-0.25, -0.2) is 0 Å². The minimum atomic E-state index is -0.536. The third-order valence-electron chi connectivity index (χ3n) is 4.26. The van der Waals surface area contributed by atoms with Gasteiger partial charge in [0.1, 0.15) is 6.04 Å². The highest BCUT2D eigenvalue weighted by Crippen LogP contribution is 2.32. The molecule has 106 valence electrons. The molecule has 4 nitrogen and oxygen atoms in total. The molecule has 0 aliphatic heterocycles. The van der Waals surface area contributed by atoms with Crippen molar-refractivity contribution in [2.75, 3.05) is 13.6 Å². The summed E-state index contributed by atoms with van der Waals surface area (Å²) in [6.45, 7) is 2.53. The van der Waals surface area contributed by atoms with Crippen LogP contribution in [0.15, 0.2) is 24.5 Å². The quantitative estimate of drug-likeness (QED) is 0.886. The van der Waals surface area contributed by atoms with Crippen LogP contribution in [0, 0.1) is 0 Å². The summed E-state index contributed by atoms with van der Waals surface area (Å²) in [7, 11) is 1.82. The zero-order valence-electron chi connectivity index (χ0n) is 11.9. The Morgan fingerprint density at radius 3 is 2.53 bits per heavy atom. The lowest BCUT2D eigenvalue weighted by Gasteiger charge is -2.27. The standard InChI is InChI=1S/C15H24N2O2/c1-13(17-10-5-6-11-17)14(18)16(2)12-9-15(19)7-3-4-8-15/h5-6,10-11,13,19H,3-4,7-9,12H2,1-2H3. The molecule has 1 aliphatic carbocycles. The van der Waals surface area contributed by atoms with Gasteiger partial charge in [0.05, 0.1) is 5.60 Å². The molecule has 4 heteroatoms. The molecule has 19 heavy (non-hydrogen) atoms. The monoisotopic (exact) mass is 264 g/mol. The number of amides is 1. The fourth-order valence-corrected chi connectivity index (χ4v) is 2.82. The van der Waals surface area contributed by atoms with Gasteiger partial charge >= 0.3 is 0 Å². The van der Waals surface area contributed by atoms with Gasteiger partial charge in [-0.15, -0.1) is 0 Å². The Morgan fingerprint density at radius 2 is 1.95 bits per heavy atom. The number of hydrogen-bond donors (Lipinski definition) is 1. The van der Waals surface area contributed by atoms with Crippen molar-refractivity contribution in [2.45, 2.75) is 50.7 Å². The lowest BCUT2D eigenvalue weighted by molar-refractivity contribution is -0.133. The summed E-state index contributed by atoms with van der Waals surface area (Å²) < 4.78 is 1.91. The van der Waals surface area contributed by atoms with E-state index in [0.717, 1.165) is 25.7 Å². The van der Waals surface area contributed by atoms with Crippen molar-refractivity contribution >= 4 is 5.91 Å². The van der Waals surface area contributed by atoms with Gasteiger partial charge in [0.2, 0.25) is 5.91 Å². The molecule has 0 radical (unpaired) electrons. The maximum Gasteiger partial charge on any atom is 0.245 e. The minimum absolute atomic E-state index is 0.0952. The Balaban J connectivity index is 1.85. The van der Waals surface area contributed by atoms with Crippen LogP contribution in [0.1, 0.15) is 45.1 Å². The molecule has 1 aromatic heterocycles. The molecule has 0 bridgehead atoms. The van der Waals surface area contributed by atoms with Crippen LogP contribution in [0.2, 0.25) is 0 Å². The molecule has 1 atom stereocenters. The number of aliphatic hydroxyl groups is 1. The second-order valence-electron chi connectivity index (χ2n) is 5.75. The van der Waals surface area contributed by atoms with Crippen LogP contribution in [-0.2, 0) is 4.79 Å². The van der Waals surface area contributed by atoms with Crippen molar-refractivity contribution in [3.63, 3.8) is 0 Å². The van der Waals surface area contributed by atoms with Crippen LogP contribution in [0.4, 0.5) is 0 Å². The van der Waals surface area contributed by atoms with Crippen molar-refractivity contribution in [2.24, 2.45) is 0 Å². The van der Waals surface area contributed by atoms with Crippen molar-refractivity contribution in [3.05, 3.63) is 24.5 Å². The molecule has 1 saturated carbocycles. The molecule has 1 unspecified atom stereocenters. The van der Waals surface area contributed by atoms with E-state index in [1.54, 1.807) is 4.90 Å². The molecule has 2 rings (SSSR count). The van der Waals surface area contributed by atoms with Crippen molar-refractivity contribution < 1.29 is 9.90 Å². The lowest BCUT2D eigenvalue weighted by atomic mass is 9.98. The third kappa shape index (κ3) is 3.38. The average Bonchev–Trinajstić information content (AvgIpc) is 3.06. The average molecular weight is 264 g/mol. The molecule has 1 N–H and O–H groups in total. The zero-order chi connectivity index (χ0) is 13.9. The maximum atomic E-state index is 12.3. The smallest absolute Gasteiger partial charge is 0.245 e. The summed E-state index contributed by atoms with van der Waals surface area (Å²) in [4.78, 5) is 14.0. The molecule has 1 heterocycles. The number of hydrogen-bond acceptors (Lipinski definition) is 2. The Bertz CT molecular complexity index is 408. The molecular formula is C15H24N2O2. The first-order valence-electron chi connectivity index (χ1n) is 7.12. The molecule has 1 aliphatic rings. The van der Waals surface area contributed by atoms with Gasteiger partial charge in [-0.05, 0) is 38.3 Å². The molecule has 1 aromatic rings. The van der Waals surface area contributed by atoms with E-state index in [1.807, 2.05) is 43.1 Å². The molecule has 1 fully saturated rings. The zero-order valence-corrected chi connectivity index (χ0v) is 11.9. The van der Waals surface area contributed by atoms with Crippen LogP contribution >= 0.6 is 0 Å². The van der Waals surface area contributed by atoms with Crippen LogP contribution in [0.25, 0.3) is 0 Å². The third-order valence-corrected chi connectivity index (χ3v) is 4.26. The maximum absolute atomic E-state index is 12.3. The predicted octanol–water partition coefficient (Wildman–Crippen LogP) is 2.20. The highest BCUT2D eigenvalue weighted by molar-refractivity contribution is 5.79. The normalized spacial score (nSPS) is 19.3. The van der Waals surface area contributed by atoms with Gasteiger partial charge in [0.15, 0.2) is 0 Å². The number of rotatable bonds is 5. The highest BCUT2D eigenvalue weighted by Gasteiger charge is 2.31. The van der Waals surface area contributed by atoms with E-state index in [4.69, 9.17) is 0 Å². The predicted molar refractivity (Wildman–Crippen MR) is 74.8 cm³/mol. The van der Waals surface area contributed by atoms with Gasteiger partial charge < -0.3 is 14.6 Å². The fourth-order valence-electron chi connectivity index (χ4n) is 2.82. The Labute approximate surface area is 115 Å². The van der Waals surface area contributed by atoms with E-state index in [1.165, 1.54) is 0 Å². The number of nitrogens with zero attached hydrogens (tertiary/aromatic N) is 2. The molecule has 0 spiro atoms. The largest absolute Gasteiger partial charge is 0.390 e. The first kappa shape index (κ1) is 14.1. The van der Waals surface area contributed by atoms with Crippen molar-refractivity contribution in [1.29, 1.82) is 0 Å². The van der Waals surface area contributed by atoms with E-state index in [2.05, 4.69) is 0 Å². The van der Waals surface area contributed by atoms with E-state index in [-0.39, 0.29) is 11.9 Å². The Hall–Kier alpha value is -1.29. The number of likely N-dealkylation sites (N-methyl/N-ethyl adjacent to an activating group) is 1. The van der Waals surface area contributed by atoms with Gasteiger partial charge in [-0.2, -0.15) is 0 Å². The van der Waals surface area contributed by atoms with E-state index < -0.39 is 5.60 Å². The van der Waals surface area contributed by atoms with Crippen LogP contribution < -0.4 is 0 Å². The number of carbonyl (C=O) groups is 1. The van der Waals surface area contributed by atoms with Gasteiger partial charge in [-0.1, -0.05) is 12.8 Å². The van der Waals surface area contributed by atoms with Crippen LogP contribution in [0.3, 0.4) is 0 Å². The van der Waals surface area contributed by atoms with Gasteiger partial charge in [0, 0.05) is 26.0 Å². The Morgan fingerprint density at radius 1 is 1.37 bits per heavy atom. The van der Waals surface area contributed by atoms with E-state index in [0.29, 0.717) is 13.0 Å². The molecule has 0 aromatic carbocycles. The van der Waals surface area contributed by atoms with Crippen LogP contribution in [0.5, 0.6) is 0 Å². The summed E-state index contributed by atoms with van der Waals surface area (Å²) in [6, 6.07) is 3.66. The SMILES string of the molecule is CC(C(=O)N(C)CCC1(O)CCCC1)n1cccc1. The lowest BCUT2D eigenvalue weighted by Crippen LogP contribution is -2.37. The second kappa shape index (κ2) is 5.78. The topological polar surface area (TPSA) is 45.5 Å². The van der Waals surface area contributed by atoms with Crippen LogP contribution in [-0.4, -0.2) is 39.7 Å². The summed E-state index contributed by atoms with van der Waals surface area (Å²) in [5.41, 5.74) is -0.536. The number of aromatic nitrogens is 1. The summed E-state index contributed by atoms with van der Waals surface area (Å²) >= 11 is 0. The van der Waals surface area contributed by atoms with Crippen molar-refractivity contribution in [1.82, 2.24) is 9.47 Å². The highest BCUT2D eigenvalue weighted by atomic mass is 16.3. The first-order valence-corrected chi connectivity index (χ1v) is 7.12.